The first-order valence-corrected chi connectivity index (χ1v) is 10.4. The van der Waals surface area contributed by atoms with E-state index in [0.29, 0.717) is 5.69 Å². The molecular formula is C28H22N4. The molecule has 0 radical (unpaired) electrons. The van der Waals surface area contributed by atoms with Crippen molar-refractivity contribution in [3.05, 3.63) is 109 Å². The lowest BCUT2D eigenvalue weighted by atomic mass is 9.99. The Labute approximate surface area is 187 Å². The predicted molar refractivity (Wildman–Crippen MR) is 133 cm³/mol. The van der Waals surface area contributed by atoms with E-state index in [4.69, 9.17) is 16.5 Å². The molecule has 32 heavy (non-hydrogen) atoms. The number of nitrogens with zero attached hydrogens (tertiary/aromatic N) is 2. The van der Waals surface area contributed by atoms with Crippen LogP contribution in [0, 0.1) is 0 Å². The van der Waals surface area contributed by atoms with E-state index >= 15 is 0 Å². The molecule has 2 heterocycles. The number of nitrogens with two attached hydrogens (primary N) is 2. The quantitative estimate of drug-likeness (QED) is 0.338. The standard InChI is InChI=1S/C28H22N4/c29-25-10-4-8-20(13-25)22-15-27(21-9-5-11-26(30)14-21)32-28(16-22)24-12-23(17-31-18-24)19-6-2-1-3-7-19/h1-18H,29-30H2. The number of hydrogen-bond donors (Lipinski definition) is 2. The van der Waals surface area contributed by atoms with Gasteiger partial charge in [0, 0.05) is 40.5 Å². The summed E-state index contributed by atoms with van der Waals surface area (Å²) in [7, 11) is 0. The van der Waals surface area contributed by atoms with Gasteiger partial charge in [0.1, 0.15) is 0 Å². The first-order chi connectivity index (χ1) is 15.7. The van der Waals surface area contributed by atoms with Crippen LogP contribution in [0.25, 0.3) is 44.8 Å². The summed E-state index contributed by atoms with van der Waals surface area (Å²) in [6.07, 6.45) is 3.72. The summed E-state index contributed by atoms with van der Waals surface area (Å²) >= 11 is 0. The molecule has 0 saturated heterocycles. The maximum absolute atomic E-state index is 6.06. The van der Waals surface area contributed by atoms with Gasteiger partial charge in [-0.1, -0.05) is 54.6 Å². The fourth-order valence-electron chi connectivity index (χ4n) is 3.78. The predicted octanol–water partition coefficient (Wildman–Crippen LogP) is 6.31. The van der Waals surface area contributed by atoms with Gasteiger partial charge in [-0.2, -0.15) is 0 Å². The molecule has 0 amide bonds. The summed E-state index contributed by atoms with van der Waals surface area (Å²) in [5, 5.41) is 0. The normalized spacial score (nSPS) is 10.8. The molecule has 0 aliphatic rings. The molecule has 5 rings (SSSR count). The molecule has 0 aliphatic heterocycles. The minimum Gasteiger partial charge on any atom is -0.399 e. The van der Waals surface area contributed by atoms with E-state index in [9.17, 15) is 0 Å². The molecule has 4 N–H and O–H groups in total. The molecule has 0 atom stereocenters. The van der Waals surface area contributed by atoms with Gasteiger partial charge in [-0.15, -0.1) is 0 Å². The van der Waals surface area contributed by atoms with Gasteiger partial charge >= 0.3 is 0 Å². The minimum atomic E-state index is 0.702. The van der Waals surface area contributed by atoms with Crippen LogP contribution in [0.3, 0.4) is 0 Å². The number of rotatable bonds is 4. The zero-order chi connectivity index (χ0) is 21.9. The van der Waals surface area contributed by atoms with Crippen LogP contribution in [0.5, 0.6) is 0 Å². The molecular weight excluding hydrogens is 392 g/mol. The van der Waals surface area contributed by atoms with Crippen LogP contribution in [0.15, 0.2) is 109 Å². The topological polar surface area (TPSA) is 77.8 Å². The van der Waals surface area contributed by atoms with Crippen molar-refractivity contribution in [3.63, 3.8) is 0 Å². The van der Waals surface area contributed by atoms with Crippen molar-refractivity contribution < 1.29 is 0 Å². The Hall–Kier alpha value is -4.44. The van der Waals surface area contributed by atoms with Crippen molar-refractivity contribution in [1.29, 1.82) is 0 Å². The van der Waals surface area contributed by atoms with Crippen LogP contribution in [-0.2, 0) is 0 Å². The lowest BCUT2D eigenvalue weighted by molar-refractivity contribution is 1.28. The first kappa shape index (κ1) is 19.5. The third-order valence-corrected chi connectivity index (χ3v) is 5.37. The highest BCUT2D eigenvalue weighted by molar-refractivity contribution is 5.79. The minimum absolute atomic E-state index is 0.702. The molecule has 0 bridgehead atoms. The molecule has 2 aromatic heterocycles. The second kappa shape index (κ2) is 8.36. The largest absolute Gasteiger partial charge is 0.399 e. The highest BCUT2D eigenvalue weighted by Crippen LogP contribution is 2.32. The average molecular weight is 415 g/mol. The van der Waals surface area contributed by atoms with Crippen molar-refractivity contribution in [2.75, 3.05) is 11.5 Å². The van der Waals surface area contributed by atoms with Crippen molar-refractivity contribution in [2.24, 2.45) is 0 Å². The third kappa shape index (κ3) is 4.07. The second-order valence-corrected chi connectivity index (χ2v) is 7.71. The Morgan fingerprint density at radius 1 is 0.438 bits per heavy atom. The zero-order valence-corrected chi connectivity index (χ0v) is 17.4. The van der Waals surface area contributed by atoms with Crippen LogP contribution in [0.2, 0.25) is 0 Å². The fourth-order valence-corrected chi connectivity index (χ4v) is 3.78. The van der Waals surface area contributed by atoms with Gasteiger partial charge in [-0.25, -0.2) is 4.98 Å². The Bertz CT molecular complexity index is 1330. The molecule has 0 aliphatic carbocycles. The van der Waals surface area contributed by atoms with E-state index in [-0.39, 0.29) is 0 Å². The number of aromatic nitrogens is 2. The highest BCUT2D eigenvalue weighted by atomic mass is 14.7. The van der Waals surface area contributed by atoms with Crippen molar-refractivity contribution in [3.8, 4) is 44.8 Å². The maximum atomic E-state index is 6.06. The van der Waals surface area contributed by atoms with Gasteiger partial charge in [0.05, 0.1) is 11.4 Å². The number of benzene rings is 3. The molecule has 0 spiro atoms. The SMILES string of the molecule is Nc1cccc(-c2cc(-c3cccc(N)c3)nc(-c3cncc(-c4ccccc4)c3)c2)c1. The first-order valence-electron chi connectivity index (χ1n) is 10.4. The van der Waals surface area contributed by atoms with Crippen LogP contribution in [-0.4, -0.2) is 9.97 Å². The van der Waals surface area contributed by atoms with Gasteiger partial charge in [0.25, 0.3) is 0 Å². The number of nitrogen functional groups attached to an aromatic ring is 2. The summed E-state index contributed by atoms with van der Waals surface area (Å²) in [6, 6.07) is 32.1. The lowest BCUT2D eigenvalue weighted by Crippen LogP contribution is -1.94. The van der Waals surface area contributed by atoms with Gasteiger partial charge in [0.2, 0.25) is 0 Å². The Morgan fingerprint density at radius 2 is 1.03 bits per heavy atom. The molecule has 4 nitrogen and oxygen atoms in total. The molecule has 154 valence electrons. The van der Waals surface area contributed by atoms with E-state index in [1.165, 1.54) is 0 Å². The average Bonchev–Trinajstić information content (AvgIpc) is 2.84. The summed E-state index contributed by atoms with van der Waals surface area (Å²) < 4.78 is 0. The van der Waals surface area contributed by atoms with Gasteiger partial charge in [0.15, 0.2) is 0 Å². The van der Waals surface area contributed by atoms with E-state index < -0.39 is 0 Å². The van der Waals surface area contributed by atoms with E-state index in [1.54, 1.807) is 0 Å². The van der Waals surface area contributed by atoms with Gasteiger partial charge in [-0.3, -0.25) is 4.98 Å². The van der Waals surface area contributed by atoms with Crippen LogP contribution in [0.1, 0.15) is 0 Å². The Kier molecular flexibility index (Phi) is 5.10. The molecule has 5 aromatic rings. The van der Waals surface area contributed by atoms with E-state index in [1.807, 2.05) is 73.1 Å². The number of anilines is 2. The summed E-state index contributed by atoms with van der Waals surface area (Å²) in [5.74, 6) is 0. The van der Waals surface area contributed by atoms with Crippen LogP contribution < -0.4 is 11.5 Å². The zero-order valence-electron chi connectivity index (χ0n) is 17.4. The van der Waals surface area contributed by atoms with E-state index in [2.05, 4.69) is 41.4 Å². The maximum Gasteiger partial charge on any atom is 0.0731 e. The summed E-state index contributed by atoms with van der Waals surface area (Å²) in [4.78, 5) is 9.46. The lowest BCUT2D eigenvalue weighted by Gasteiger charge is -2.12. The molecule has 4 heteroatoms. The van der Waals surface area contributed by atoms with Crippen molar-refractivity contribution in [1.82, 2.24) is 9.97 Å². The molecule has 0 unspecified atom stereocenters. The van der Waals surface area contributed by atoms with Crippen molar-refractivity contribution >= 4 is 11.4 Å². The monoisotopic (exact) mass is 414 g/mol. The smallest absolute Gasteiger partial charge is 0.0731 e. The van der Waals surface area contributed by atoms with Crippen molar-refractivity contribution in [2.45, 2.75) is 0 Å². The second-order valence-electron chi connectivity index (χ2n) is 7.71. The summed E-state index contributed by atoms with van der Waals surface area (Å²) in [5.41, 5.74) is 21.3. The molecule has 0 saturated carbocycles. The van der Waals surface area contributed by atoms with E-state index in [0.717, 1.165) is 50.5 Å². The molecule has 0 fully saturated rings. The third-order valence-electron chi connectivity index (χ3n) is 5.37. The Morgan fingerprint density at radius 3 is 1.75 bits per heavy atom. The van der Waals surface area contributed by atoms with Crippen LogP contribution in [0.4, 0.5) is 11.4 Å². The fraction of sp³-hybridized carbons (Fsp3) is 0. The van der Waals surface area contributed by atoms with Gasteiger partial charge in [-0.05, 0) is 59.2 Å². The van der Waals surface area contributed by atoms with Crippen LogP contribution >= 0.6 is 0 Å². The van der Waals surface area contributed by atoms with Gasteiger partial charge < -0.3 is 11.5 Å². The number of hydrogen-bond acceptors (Lipinski definition) is 4. The Balaban J connectivity index is 1.68. The summed E-state index contributed by atoms with van der Waals surface area (Å²) in [6.45, 7) is 0. The highest BCUT2D eigenvalue weighted by Gasteiger charge is 2.11. The number of pyridine rings is 2. The molecule has 3 aromatic carbocycles.